The summed E-state index contributed by atoms with van der Waals surface area (Å²) in [5.74, 6) is 1.23. The van der Waals surface area contributed by atoms with Crippen LogP contribution in [-0.2, 0) is 4.79 Å². The van der Waals surface area contributed by atoms with Gasteiger partial charge in [0.25, 0.3) is 0 Å². The Labute approximate surface area is 104 Å². The molecule has 1 atom stereocenters. The fourth-order valence-corrected chi connectivity index (χ4v) is 2.48. The van der Waals surface area contributed by atoms with Gasteiger partial charge in [0.05, 0.1) is 5.92 Å². The first kappa shape index (κ1) is 13.5. The minimum atomic E-state index is 0. The SMILES string of the molecule is C=CC1CCN(C(=O)[C@H]2CCNC2)CC1.Cl. The highest BCUT2D eigenvalue weighted by atomic mass is 35.5. The average Bonchev–Trinajstić information content (AvgIpc) is 2.82. The Morgan fingerprint density at radius 3 is 2.50 bits per heavy atom. The second-order valence-corrected chi connectivity index (χ2v) is 4.59. The number of hydrogen-bond acceptors (Lipinski definition) is 2. The Balaban J connectivity index is 0.00000128. The molecule has 0 saturated carbocycles. The number of halogens is 1. The Kier molecular flexibility index (Phi) is 5.29. The topological polar surface area (TPSA) is 32.3 Å². The number of likely N-dealkylation sites (tertiary alicyclic amines) is 1. The number of allylic oxidation sites excluding steroid dienone is 1. The molecule has 0 aliphatic carbocycles. The number of piperidine rings is 1. The maximum atomic E-state index is 12.1. The van der Waals surface area contributed by atoms with Gasteiger partial charge in [-0.2, -0.15) is 0 Å². The largest absolute Gasteiger partial charge is 0.342 e. The monoisotopic (exact) mass is 244 g/mol. The van der Waals surface area contributed by atoms with Crippen molar-refractivity contribution in [3.8, 4) is 0 Å². The Hall–Kier alpha value is -0.540. The maximum absolute atomic E-state index is 12.1. The Morgan fingerprint density at radius 1 is 1.31 bits per heavy atom. The zero-order valence-corrected chi connectivity index (χ0v) is 10.5. The van der Waals surface area contributed by atoms with E-state index in [0.29, 0.717) is 11.8 Å². The smallest absolute Gasteiger partial charge is 0.227 e. The van der Waals surface area contributed by atoms with E-state index < -0.39 is 0 Å². The molecule has 0 radical (unpaired) electrons. The van der Waals surface area contributed by atoms with Crippen molar-refractivity contribution in [2.75, 3.05) is 26.2 Å². The summed E-state index contributed by atoms with van der Waals surface area (Å²) in [6.07, 6.45) is 5.23. The molecule has 0 aromatic rings. The third-order valence-corrected chi connectivity index (χ3v) is 3.59. The lowest BCUT2D eigenvalue weighted by molar-refractivity contribution is -0.136. The highest BCUT2D eigenvalue weighted by Gasteiger charge is 2.29. The molecular formula is C12H21ClN2O. The van der Waals surface area contributed by atoms with E-state index in [0.717, 1.165) is 45.4 Å². The molecule has 4 heteroatoms. The summed E-state index contributed by atoms with van der Waals surface area (Å²) in [6.45, 7) is 7.54. The van der Waals surface area contributed by atoms with Gasteiger partial charge in [-0.25, -0.2) is 0 Å². The van der Waals surface area contributed by atoms with Crippen molar-refractivity contribution in [3.63, 3.8) is 0 Å². The molecule has 2 aliphatic rings. The summed E-state index contributed by atoms with van der Waals surface area (Å²) in [7, 11) is 0. The molecule has 2 fully saturated rings. The van der Waals surface area contributed by atoms with Crippen LogP contribution in [0, 0.1) is 11.8 Å². The molecule has 0 bridgehead atoms. The Bertz CT molecular complexity index is 243. The summed E-state index contributed by atoms with van der Waals surface area (Å²) >= 11 is 0. The quantitative estimate of drug-likeness (QED) is 0.746. The van der Waals surface area contributed by atoms with E-state index in [2.05, 4.69) is 11.9 Å². The van der Waals surface area contributed by atoms with Gasteiger partial charge in [-0.15, -0.1) is 19.0 Å². The summed E-state index contributed by atoms with van der Waals surface area (Å²) in [5, 5.41) is 3.25. The molecule has 0 aromatic carbocycles. The van der Waals surface area contributed by atoms with Gasteiger partial charge in [-0.05, 0) is 31.7 Å². The first-order valence-corrected chi connectivity index (χ1v) is 5.93. The summed E-state index contributed by atoms with van der Waals surface area (Å²) in [4.78, 5) is 14.1. The van der Waals surface area contributed by atoms with E-state index >= 15 is 0 Å². The number of carbonyl (C=O) groups excluding carboxylic acids is 1. The van der Waals surface area contributed by atoms with Gasteiger partial charge in [-0.1, -0.05) is 6.08 Å². The summed E-state index contributed by atoms with van der Waals surface area (Å²) < 4.78 is 0. The van der Waals surface area contributed by atoms with Gasteiger partial charge in [0.15, 0.2) is 0 Å². The van der Waals surface area contributed by atoms with Crippen LogP contribution in [0.15, 0.2) is 12.7 Å². The second kappa shape index (κ2) is 6.26. The standard InChI is InChI=1S/C12H20N2O.ClH/c1-2-10-4-7-14(8-5-10)12(15)11-3-6-13-9-11;/h2,10-11,13H,1,3-9H2;1H/t11-;/m0./s1. The van der Waals surface area contributed by atoms with Crippen LogP contribution in [0.3, 0.4) is 0 Å². The molecule has 0 unspecified atom stereocenters. The maximum Gasteiger partial charge on any atom is 0.227 e. The third kappa shape index (κ3) is 2.98. The van der Waals surface area contributed by atoms with Crippen molar-refractivity contribution in [2.45, 2.75) is 19.3 Å². The van der Waals surface area contributed by atoms with E-state index in [1.54, 1.807) is 0 Å². The van der Waals surface area contributed by atoms with Crippen LogP contribution < -0.4 is 5.32 Å². The number of carbonyl (C=O) groups is 1. The predicted molar refractivity (Wildman–Crippen MR) is 67.7 cm³/mol. The highest BCUT2D eigenvalue weighted by Crippen LogP contribution is 2.20. The number of nitrogens with zero attached hydrogens (tertiary/aromatic N) is 1. The molecule has 2 heterocycles. The lowest BCUT2D eigenvalue weighted by Gasteiger charge is -2.32. The van der Waals surface area contributed by atoms with Crippen LogP contribution in [0.1, 0.15) is 19.3 Å². The fourth-order valence-electron chi connectivity index (χ4n) is 2.48. The Morgan fingerprint density at radius 2 is 2.00 bits per heavy atom. The molecule has 2 aliphatic heterocycles. The lowest BCUT2D eigenvalue weighted by atomic mass is 9.96. The van der Waals surface area contributed by atoms with E-state index in [1.807, 2.05) is 11.0 Å². The molecule has 16 heavy (non-hydrogen) atoms. The van der Waals surface area contributed by atoms with E-state index in [1.165, 1.54) is 0 Å². The fraction of sp³-hybridized carbons (Fsp3) is 0.750. The van der Waals surface area contributed by atoms with Crippen LogP contribution in [0.2, 0.25) is 0 Å². The molecule has 0 spiro atoms. The number of nitrogens with one attached hydrogen (secondary N) is 1. The molecule has 2 rings (SSSR count). The van der Waals surface area contributed by atoms with Gasteiger partial charge in [0, 0.05) is 19.6 Å². The number of amides is 1. The van der Waals surface area contributed by atoms with E-state index in [4.69, 9.17) is 0 Å². The second-order valence-electron chi connectivity index (χ2n) is 4.59. The van der Waals surface area contributed by atoms with Crippen molar-refractivity contribution in [3.05, 3.63) is 12.7 Å². The zero-order chi connectivity index (χ0) is 10.7. The summed E-state index contributed by atoms with van der Waals surface area (Å²) in [6, 6.07) is 0. The van der Waals surface area contributed by atoms with Gasteiger partial charge >= 0.3 is 0 Å². The van der Waals surface area contributed by atoms with Crippen molar-refractivity contribution in [1.82, 2.24) is 10.2 Å². The normalized spacial score (nSPS) is 26.2. The molecule has 92 valence electrons. The molecule has 1 N–H and O–H groups in total. The van der Waals surface area contributed by atoms with Crippen molar-refractivity contribution in [1.29, 1.82) is 0 Å². The van der Waals surface area contributed by atoms with Crippen molar-refractivity contribution < 1.29 is 4.79 Å². The van der Waals surface area contributed by atoms with Crippen molar-refractivity contribution in [2.24, 2.45) is 11.8 Å². The van der Waals surface area contributed by atoms with E-state index in [-0.39, 0.29) is 18.3 Å². The minimum absolute atomic E-state index is 0. The van der Waals surface area contributed by atoms with Gasteiger partial charge in [0.2, 0.25) is 5.91 Å². The first-order chi connectivity index (χ1) is 7.31. The van der Waals surface area contributed by atoms with Crippen LogP contribution in [0.25, 0.3) is 0 Å². The zero-order valence-electron chi connectivity index (χ0n) is 9.65. The first-order valence-electron chi connectivity index (χ1n) is 5.93. The third-order valence-electron chi connectivity index (χ3n) is 3.59. The van der Waals surface area contributed by atoms with Crippen LogP contribution in [0.4, 0.5) is 0 Å². The van der Waals surface area contributed by atoms with Crippen LogP contribution in [-0.4, -0.2) is 37.0 Å². The predicted octanol–water partition coefficient (Wildman–Crippen LogP) is 1.44. The molecule has 0 aromatic heterocycles. The summed E-state index contributed by atoms with van der Waals surface area (Å²) in [5.41, 5.74) is 0. The van der Waals surface area contributed by atoms with Gasteiger partial charge in [0.1, 0.15) is 0 Å². The van der Waals surface area contributed by atoms with Crippen LogP contribution >= 0.6 is 12.4 Å². The lowest BCUT2D eigenvalue weighted by Crippen LogP contribution is -2.42. The highest BCUT2D eigenvalue weighted by molar-refractivity contribution is 5.85. The average molecular weight is 245 g/mol. The van der Waals surface area contributed by atoms with Gasteiger partial charge < -0.3 is 10.2 Å². The van der Waals surface area contributed by atoms with E-state index in [9.17, 15) is 4.79 Å². The molecule has 1 amide bonds. The minimum Gasteiger partial charge on any atom is -0.342 e. The molecule has 3 nitrogen and oxygen atoms in total. The van der Waals surface area contributed by atoms with Crippen LogP contribution in [0.5, 0.6) is 0 Å². The number of hydrogen-bond donors (Lipinski definition) is 1. The molecular weight excluding hydrogens is 224 g/mol. The van der Waals surface area contributed by atoms with Crippen molar-refractivity contribution >= 4 is 18.3 Å². The molecule has 2 saturated heterocycles. The van der Waals surface area contributed by atoms with Gasteiger partial charge in [-0.3, -0.25) is 4.79 Å². The number of rotatable bonds is 2.